The Labute approximate surface area is 97.1 Å². The van der Waals surface area contributed by atoms with Crippen molar-refractivity contribution in [1.82, 2.24) is 9.47 Å². The summed E-state index contributed by atoms with van der Waals surface area (Å²) in [7, 11) is 1.93. The van der Waals surface area contributed by atoms with Gasteiger partial charge in [-0.1, -0.05) is 12.8 Å². The predicted octanol–water partition coefficient (Wildman–Crippen LogP) is 2.08. The van der Waals surface area contributed by atoms with Crippen LogP contribution in [0.15, 0.2) is 18.3 Å². The van der Waals surface area contributed by atoms with Crippen molar-refractivity contribution in [3.05, 3.63) is 24.0 Å². The minimum atomic E-state index is 0.245. The lowest BCUT2D eigenvalue weighted by molar-refractivity contribution is 0.0925. The highest BCUT2D eigenvalue weighted by Gasteiger charge is 2.15. The highest BCUT2D eigenvalue weighted by atomic mass is 16.1. The molecule has 3 heteroatoms. The number of Topliss-reactive ketones (excluding diaryl/α,β-unsaturated/α-hetero) is 1. The monoisotopic (exact) mass is 220 g/mol. The van der Waals surface area contributed by atoms with E-state index >= 15 is 0 Å². The molecule has 0 aromatic carbocycles. The first kappa shape index (κ1) is 11.4. The van der Waals surface area contributed by atoms with Crippen LogP contribution in [0.25, 0.3) is 0 Å². The van der Waals surface area contributed by atoms with Crippen LogP contribution >= 0.6 is 0 Å². The smallest absolute Gasteiger partial charge is 0.193 e. The quantitative estimate of drug-likeness (QED) is 0.729. The zero-order valence-corrected chi connectivity index (χ0v) is 9.98. The third kappa shape index (κ3) is 2.73. The van der Waals surface area contributed by atoms with E-state index in [4.69, 9.17) is 0 Å². The molecule has 88 valence electrons. The Morgan fingerprint density at radius 2 is 1.94 bits per heavy atom. The van der Waals surface area contributed by atoms with Crippen molar-refractivity contribution < 1.29 is 4.79 Å². The molecule has 1 aromatic heterocycles. The number of carbonyl (C=O) groups excluding carboxylic acids is 1. The van der Waals surface area contributed by atoms with Crippen LogP contribution in [0.3, 0.4) is 0 Å². The number of hydrogen-bond acceptors (Lipinski definition) is 2. The van der Waals surface area contributed by atoms with E-state index in [0.29, 0.717) is 6.54 Å². The van der Waals surface area contributed by atoms with E-state index < -0.39 is 0 Å². The molecule has 0 N–H and O–H groups in total. The third-order valence-electron chi connectivity index (χ3n) is 3.30. The number of aromatic nitrogens is 1. The number of aryl methyl sites for hydroxylation is 1. The minimum Gasteiger partial charge on any atom is -0.348 e. The van der Waals surface area contributed by atoms with Crippen molar-refractivity contribution in [1.29, 1.82) is 0 Å². The van der Waals surface area contributed by atoms with E-state index in [1.807, 2.05) is 29.9 Å². The lowest BCUT2D eigenvalue weighted by Crippen LogP contribution is -2.31. The maximum atomic E-state index is 12.0. The summed E-state index contributed by atoms with van der Waals surface area (Å²) in [4.78, 5) is 14.3. The van der Waals surface area contributed by atoms with Crippen LogP contribution in [-0.4, -0.2) is 34.9 Å². The molecular weight excluding hydrogens is 200 g/mol. The Kier molecular flexibility index (Phi) is 3.78. The van der Waals surface area contributed by atoms with Crippen LogP contribution in [0.4, 0.5) is 0 Å². The Morgan fingerprint density at radius 3 is 2.50 bits per heavy atom. The molecule has 2 rings (SSSR count). The van der Waals surface area contributed by atoms with Gasteiger partial charge >= 0.3 is 0 Å². The fourth-order valence-corrected chi connectivity index (χ4v) is 2.33. The van der Waals surface area contributed by atoms with Crippen LogP contribution in [-0.2, 0) is 7.05 Å². The molecule has 0 atom stereocenters. The molecule has 1 aliphatic rings. The number of hydrogen-bond donors (Lipinski definition) is 0. The Morgan fingerprint density at radius 1 is 1.25 bits per heavy atom. The first-order valence-electron chi connectivity index (χ1n) is 6.14. The molecule has 1 aliphatic heterocycles. The molecule has 1 aromatic rings. The maximum Gasteiger partial charge on any atom is 0.193 e. The van der Waals surface area contributed by atoms with Gasteiger partial charge < -0.3 is 4.57 Å². The summed E-state index contributed by atoms with van der Waals surface area (Å²) < 4.78 is 1.90. The number of carbonyl (C=O) groups is 1. The van der Waals surface area contributed by atoms with Gasteiger partial charge in [0.05, 0.1) is 12.2 Å². The van der Waals surface area contributed by atoms with Crippen molar-refractivity contribution in [2.75, 3.05) is 19.6 Å². The van der Waals surface area contributed by atoms with E-state index in [0.717, 1.165) is 18.8 Å². The standard InChI is InChI=1S/C13H20N2O/c1-14-8-6-7-12(14)13(16)11-15-9-4-2-3-5-10-15/h6-8H,2-5,9-11H2,1H3. The summed E-state index contributed by atoms with van der Waals surface area (Å²) in [5.41, 5.74) is 0.823. The zero-order valence-electron chi connectivity index (χ0n) is 9.98. The van der Waals surface area contributed by atoms with Crippen LogP contribution in [0.1, 0.15) is 36.2 Å². The first-order valence-corrected chi connectivity index (χ1v) is 6.14. The summed E-state index contributed by atoms with van der Waals surface area (Å²) in [5.74, 6) is 0.245. The lowest BCUT2D eigenvalue weighted by atomic mass is 10.2. The molecule has 0 bridgehead atoms. The van der Waals surface area contributed by atoms with Gasteiger partial charge in [0.2, 0.25) is 0 Å². The third-order valence-corrected chi connectivity index (χ3v) is 3.30. The van der Waals surface area contributed by atoms with E-state index in [1.165, 1.54) is 25.7 Å². The number of rotatable bonds is 3. The summed E-state index contributed by atoms with van der Waals surface area (Å²) in [6.45, 7) is 2.74. The van der Waals surface area contributed by atoms with E-state index in [1.54, 1.807) is 0 Å². The second-order valence-corrected chi connectivity index (χ2v) is 4.62. The minimum absolute atomic E-state index is 0.245. The van der Waals surface area contributed by atoms with Crippen molar-refractivity contribution in [2.45, 2.75) is 25.7 Å². The molecule has 0 radical (unpaired) electrons. The summed E-state index contributed by atoms with van der Waals surface area (Å²) in [6.07, 6.45) is 7.03. The molecule has 16 heavy (non-hydrogen) atoms. The topological polar surface area (TPSA) is 25.2 Å². The highest BCUT2D eigenvalue weighted by molar-refractivity contribution is 5.96. The van der Waals surface area contributed by atoms with E-state index in [2.05, 4.69) is 4.90 Å². The van der Waals surface area contributed by atoms with Gasteiger partial charge in [0.1, 0.15) is 0 Å². The van der Waals surface area contributed by atoms with Crippen molar-refractivity contribution in [3.8, 4) is 0 Å². The van der Waals surface area contributed by atoms with Gasteiger partial charge in [0.15, 0.2) is 5.78 Å². The fraction of sp³-hybridized carbons (Fsp3) is 0.615. The van der Waals surface area contributed by atoms with Gasteiger partial charge in [-0.05, 0) is 38.1 Å². The predicted molar refractivity (Wildman–Crippen MR) is 64.7 cm³/mol. The van der Waals surface area contributed by atoms with Crippen LogP contribution < -0.4 is 0 Å². The Hall–Kier alpha value is -1.09. The van der Waals surface area contributed by atoms with Gasteiger partial charge in [-0.25, -0.2) is 0 Å². The van der Waals surface area contributed by atoms with Gasteiger partial charge in [-0.15, -0.1) is 0 Å². The molecule has 1 saturated heterocycles. The lowest BCUT2D eigenvalue weighted by Gasteiger charge is -2.18. The fourth-order valence-electron chi connectivity index (χ4n) is 2.33. The number of nitrogens with zero attached hydrogens (tertiary/aromatic N) is 2. The molecule has 0 aliphatic carbocycles. The summed E-state index contributed by atoms with van der Waals surface area (Å²) >= 11 is 0. The highest BCUT2D eigenvalue weighted by Crippen LogP contribution is 2.10. The van der Waals surface area contributed by atoms with Gasteiger partial charge in [-0.3, -0.25) is 9.69 Å². The van der Waals surface area contributed by atoms with Crippen LogP contribution in [0, 0.1) is 0 Å². The van der Waals surface area contributed by atoms with Gasteiger partial charge in [0, 0.05) is 13.2 Å². The summed E-state index contributed by atoms with van der Waals surface area (Å²) in [5, 5.41) is 0. The molecule has 1 fully saturated rings. The van der Waals surface area contributed by atoms with Crippen molar-refractivity contribution >= 4 is 5.78 Å². The second kappa shape index (κ2) is 5.30. The number of ketones is 1. The van der Waals surface area contributed by atoms with Gasteiger partial charge in [-0.2, -0.15) is 0 Å². The molecule has 2 heterocycles. The van der Waals surface area contributed by atoms with Gasteiger partial charge in [0.25, 0.3) is 0 Å². The normalized spacial score (nSPS) is 18.3. The Bertz CT molecular complexity index is 349. The Balaban J connectivity index is 1.93. The molecule has 0 spiro atoms. The maximum absolute atomic E-state index is 12.0. The average molecular weight is 220 g/mol. The number of likely N-dealkylation sites (tertiary alicyclic amines) is 1. The SMILES string of the molecule is Cn1cccc1C(=O)CN1CCCCCC1. The van der Waals surface area contributed by atoms with E-state index in [-0.39, 0.29) is 5.78 Å². The molecule has 0 unspecified atom stereocenters. The average Bonchev–Trinajstić information content (AvgIpc) is 2.53. The molecular formula is C13H20N2O. The van der Waals surface area contributed by atoms with E-state index in [9.17, 15) is 4.79 Å². The summed E-state index contributed by atoms with van der Waals surface area (Å²) in [6, 6.07) is 3.83. The van der Waals surface area contributed by atoms with Crippen LogP contribution in [0.2, 0.25) is 0 Å². The first-order chi connectivity index (χ1) is 7.77. The van der Waals surface area contributed by atoms with Crippen molar-refractivity contribution in [3.63, 3.8) is 0 Å². The van der Waals surface area contributed by atoms with Crippen LogP contribution in [0.5, 0.6) is 0 Å². The zero-order chi connectivity index (χ0) is 11.4. The molecule has 3 nitrogen and oxygen atoms in total. The molecule has 0 saturated carbocycles. The second-order valence-electron chi connectivity index (χ2n) is 4.62. The largest absolute Gasteiger partial charge is 0.348 e. The van der Waals surface area contributed by atoms with Crippen molar-refractivity contribution in [2.24, 2.45) is 7.05 Å². The molecule has 0 amide bonds.